The van der Waals surface area contributed by atoms with E-state index in [0.29, 0.717) is 24.3 Å². The Morgan fingerprint density at radius 2 is 1.92 bits per heavy atom. The Morgan fingerprint density at radius 3 is 2.44 bits per heavy atom. The van der Waals surface area contributed by atoms with E-state index in [1.807, 2.05) is 44.2 Å². The highest BCUT2D eigenvalue weighted by molar-refractivity contribution is 7.80. The molecular formula is C18H24N2O4S. The van der Waals surface area contributed by atoms with Crippen molar-refractivity contribution in [2.45, 2.75) is 45.2 Å². The van der Waals surface area contributed by atoms with Crippen LogP contribution in [0.1, 0.15) is 43.5 Å². The van der Waals surface area contributed by atoms with Crippen LogP contribution in [0.4, 0.5) is 0 Å². The third-order valence-corrected chi connectivity index (χ3v) is 4.87. The van der Waals surface area contributed by atoms with E-state index in [0.717, 1.165) is 10.1 Å². The summed E-state index contributed by atoms with van der Waals surface area (Å²) in [5.41, 5.74) is 0.879. The first-order valence-electron chi connectivity index (χ1n) is 8.31. The van der Waals surface area contributed by atoms with Crippen molar-refractivity contribution in [2.24, 2.45) is 0 Å². The molecule has 6 nitrogen and oxygen atoms in total. The van der Waals surface area contributed by atoms with Crippen LogP contribution < -0.4 is 5.69 Å². The summed E-state index contributed by atoms with van der Waals surface area (Å²) in [6.07, 6.45) is 1.20. The Balaban J connectivity index is 2.53. The molecule has 1 aromatic carbocycles. The second-order valence-electron chi connectivity index (χ2n) is 6.18. The van der Waals surface area contributed by atoms with Gasteiger partial charge in [0.15, 0.2) is 0 Å². The van der Waals surface area contributed by atoms with Crippen LogP contribution in [0.2, 0.25) is 0 Å². The van der Waals surface area contributed by atoms with Gasteiger partial charge in [0.05, 0.1) is 11.7 Å². The monoisotopic (exact) mass is 364 g/mol. The summed E-state index contributed by atoms with van der Waals surface area (Å²) in [5.74, 6) is -1.06. The lowest BCUT2D eigenvalue weighted by Crippen LogP contribution is -2.31. The van der Waals surface area contributed by atoms with E-state index >= 15 is 0 Å². The minimum atomic E-state index is -1.12. The first kappa shape index (κ1) is 19.2. The highest BCUT2D eigenvalue weighted by atomic mass is 32.1. The molecule has 1 heterocycles. The summed E-state index contributed by atoms with van der Waals surface area (Å²) in [5, 5.41) is 19.8. The van der Waals surface area contributed by atoms with Gasteiger partial charge in [-0.1, -0.05) is 44.2 Å². The van der Waals surface area contributed by atoms with Crippen LogP contribution in [0.3, 0.4) is 0 Å². The Morgan fingerprint density at radius 1 is 1.28 bits per heavy atom. The van der Waals surface area contributed by atoms with Crippen molar-refractivity contribution in [3.05, 3.63) is 52.1 Å². The molecule has 0 spiro atoms. The van der Waals surface area contributed by atoms with Gasteiger partial charge in [-0.25, -0.2) is 4.79 Å². The van der Waals surface area contributed by atoms with Gasteiger partial charge in [0, 0.05) is 11.7 Å². The number of carboxylic acids is 1. The summed E-state index contributed by atoms with van der Waals surface area (Å²) in [4.78, 5) is 24.0. The zero-order valence-electron chi connectivity index (χ0n) is 14.4. The van der Waals surface area contributed by atoms with Gasteiger partial charge in [0.25, 0.3) is 0 Å². The van der Waals surface area contributed by atoms with E-state index in [4.69, 9.17) is 5.11 Å². The van der Waals surface area contributed by atoms with Gasteiger partial charge in [-0.15, -0.1) is 0 Å². The summed E-state index contributed by atoms with van der Waals surface area (Å²) in [6.45, 7) is 3.32. The molecule has 0 bridgehead atoms. The van der Waals surface area contributed by atoms with Crippen molar-refractivity contribution in [3.8, 4) is 5.88 Å². The smallest absolute Gasteiger partial charge is 0.332 e. The molecule has 7 heteroatoms. The maximum Gasteiger partial charge on any atom is 0.332 e. The highest BCUT2D eigenvalue weighted by Crippen LogP contribution is 2.30. The van der Waals surface area contributed by atoms with Gasteiger partial charge >= 0.3 is 11.7 Å². The van der Waals surface area contributed by atoms with Crippen LogP contribution in [0, 0.1) is 0 Å². The Hall–Kier alpha value is -2.15. The maximum atomic E-state index is 12.8. The second kappa shape index (κ2) is 8.29. The minimum Gasteiger partial charge on any atom is -0.493 e. The molecule has 0 aliphatic rings. The van der Waals surface area contributed by atoms with Crippen molar-refractivity contribution in [1.82, 2.24) is 9.13 Å². The van der Waals surface area contributed by atoms with Gasteiger partial charge in [-0.05, 0) is 18.4 Å². The van der Waals surface area contributed by atoms with Gasteiger partial charge in [-0.2, -0.15) is 12.6 Å². The fourth-order valence-corrected chi connectivity index (χ4v) is 3.28. The number of imidazole rings is 1. The van der Waals surface area contributed by atoms with E-state index in [1.165, 1.54) is 4.57 Å². The molecule has 136 valence electrons. The second-order valence-corrected chi connectivity index (χ2v) is 6.54. The molecular weight excluding hydrogens is 340 g/mol. The number of aliphatic carboxylic acids is 1. The van der Waals surface area contributed by atoms with Crippen LogP contribution in [-0.4, -0.2) is 31.1 Å². The molecule has 2 unspecified atom stereocenters. The molecule has 25 heavy (non-hydrogen) atoms. The zero-order chi connectivity index (χ0) is 18.6. The number of aromatic hydroxyl groups is 1. The van der Waals surface area contributed by atoms with E-state index in [9.17, 15) is 14.7 Å². The maximum absolute atomic E-state index is 12.8. The van der Waals surface area contributed by atoms with E-state index < -0.39 is 18.2 Å². The molecule has 0 fully saturated rings. The number of hydrogen-bond donors (Lipinski definition) is 3. The Bertz CT molecular complexity index is 782. The predicted molar refractivity (Wildman–Crippen MR) is 99.7 cm³/mol. The number of hydrogen-bond acceptors (Lipinski definition) is 4. The zero-order valence-corrected chi connectivity index (χ0v) is 15.3. The quantitative estimate of drug-likeness (QED) is 0.629. The molecule has 1 aromatic heterocycles. The third kappa shape index (κ3) is 4.10. The van der Waals surface area contributed by atoms with Crippen molar-refractivity contribution in [1.29, 1.82) is 0 Å². The van der Waals surface area contributed by atoms with Gasteiger partial charge in [0.2, 0.25) is 5.88 Å². The fraction of sp³-hybridized carbons (Fsp3) is 0.444. The van der Waals surface area contributed by atoms with Crippen LogP contribution in [0.15, 0.2) is 35.1 Å². The van der Waals surface area contributed by atoms with E-state index in [2.05, 4.69) is 12.6 Å². The third-order valence-electron chi connectivity index (χ3n) is 4.45. The average molecular weight is 364 g/mol. The number of thiol groups is 1. The van der Waals surface area contributed by atoms with Crippen LogP contribution in [-0.2, 0) is 17.8 Å². The molecule has 0 saturated heterocycles. The Labute approximate surface area is 152 Å². The predicted octanol–water partition coefficient (Wildman–Crippen LogP) is 2.67. The lowest BCUT2D eigenvalue weighted by molar-refractivity contribution is -0.137. The number of benzene rings is 1. The van der Waals surface area contributed by atoms with Gasteiger partial charge < -0.3 is 10.2 Å². The van der Waals surface area contributed by atoms with Crippen LogP contribution in [0.5, 0.6) is 5.88 Å². The van der Waals surface area contributed by atoms with Crippen molar-refractivity contribution < 1.29 is 15.0 Å². The molecule has 0 aliphatic heterocycles. The molecule has 2 rings (SSSR count). The standard InChI is InChI=1S/C18H24N2O4S/c1-3-12(2)16-17(23)20(18(24)19(16)10-15(21)22)14(11-25)9-13-7-5-4-6-8-13/h4-8,12,14,23,25H,3,9-11H2,1-2H3,(H,21,22). The molecule has 0 amide bonds. The summed E-state index contributed by atoms with van der Waals surface area (Å²) in [6, 6.07) is 9.26. The van der Waals surface area contributed by atoms with Crippen LogP contribution >= 0.6 is 12.6 Å². The molecule has 2 aromatic rings. The number of aromatic nitrogens is 2. The lowest BCUT2D eigenvalue weighted by Gasteiger charge is -2.17. The minimum absolute atomic E-state index is 0.134. The largest absolute Gasteiger partial charge is 0.493 e. The molecule has 2 atom stereocenters. The summed E-state index contributed by atoms with van der Waals surface area (Å²) in [7, 11) is 0. The highest BCUT2D eigenvalue weighted by Gasteiger charge is 2.27. The van der Waals surface area contributed by atoms with E-state index in [-0.39, 0.29) is 17.8 Å². The fourth-order valence-electron chi connectivity index (χ4n) is 2.99. The molecule has 0 radical (unpaired) electrons. The van der Waals surface area contributed by atoms with Crippen molar-refractivity contribution >= 4 is 18.6 Å². The number of carboxylic acid groups (broad SMARTS) is 1. The molecule has 0 saturated carbocycles. The SMILES string of the molecule is CCC(C)c1c(O)n(C(CS)Cc2ccccc2)c(=O)n1CC(=O)O. The van der Waals surface area contributed by atoms with Crippen molar-refractivity contribution in [3.63, 3.8) is 0 Å². The lowest BCUT2D eigenvalue weighted by atomic mass is 10.0. The number of rotatable bonds is 8. The summed E-state index contributed by atoms with van der Waals surface area (Å²) < 4.78 is 2.44. The molecule has 0 aliphatic carbocycles. The topological polar surface area (TPSA) is 84.5 Å². The number of carbonyl (C=O) groups is 1. The summed E-state index contributed by atoms with van der Waals surface area (Å²) >= 11 is 4.34. The van der Waals surface area contributed by atoms with Gasteiger partial charge in [-0.3, -0.25) is 13.9 Å². The first-order chi connectivity index (χ1) is 11.9. The average Bonchev–Trinajstić information content (AvgIpc) is 2.83. The first-order valence-corrected chi connectivity index (χ1v) is 8.94. The van der Waals surface area contributed by atoms with E-state index in [1.54, 1.807) is 0 Å². The number of nitrogens with zero attached hydrogens (tertiary/aromatic N) is 2. The molecule has 2 N–H and O–H groups in total. The van der Waals surface area contributed by atoms with Gasteiger partial charge in [0.1, 0.15) is 6.54 Å². The van der Waals surface area contributed by atoms with Crippen LogP contribution in [0.25, 0.3) is 0 Å². The Kier molecular flexibility index (Phi) is 6.36. The normalized spacial score (nSPS) is 13.6. The van der Waals surface area contributed by atoms with Crippen molar-refractivity contribution in [2.75, 3.05) is 5.75 Å².